The molecular weight excluding hydrogens is 272 g/mol. The zero-order valence-corrected chi connectivity index (χ0v) is 12.5. The fourth-order valence-electron chi connectivity index (χ4n) is 1.80. The maximum absolute atomic E-state index is 11.7. The number of nitrogens with zero attached hydrogens (tertiary/aromatic N) is 1. The second-order valence-corrected chi connectivity index (χ2v) is 6.22. The number of aliphatic hydroxyl groups is 1. The van der Waals surface area contributed by atoms with E-state index in [1.807, 2.05) is 24.1 Å². The summed E-state index contributed by atoms with van der Waals surface area (Å²) in [5.74, 6) is 6.04. The molecule has 1 aromatic heterocycles. The van der Waals surface area contributed by atoms with Crippen molar-refractivity contribution >= 4 is 17.2 Å². The van der Waals surface area contributed by atoms with Crippen molar-refractivity contribution in [1.82, 2.24) is 10.2 Å². The molecule has 0 bridgehead atoms. The first-order chi connectivity index (χ1) is 9.67. The molecule has 1 aliphatic carbocycles. The van der Waals surface area contributed by atoms with Crippen LogP contribution in [0.25, 0.3) is 0 Å². The number of carbonyl (C=O) groups excluding carboxylic acids is 1. The predicted molar refractivity (Wildman–Crippen MR) is 80.4 cm³/mol. The molecule has 108 valence electrons. The van der Waals surface area contributed by atoms with E-state index in [9.17, 15) is 4.79 Å². The molecule has 0 radical (unpaired) electrons. The van der Waals surface area contributed by atoms with Gasteiger partial charge in [0.15, 0.2) is 0 Å². The van der Waals surface area contributed by atoms with E-state index in [0.29, 0.717) is 19.0 Å². The van der Waals surface area contributed by atoms with E-state index in [0.717, 1.165) is 24.3 Å². The Morgan fingerprint density at radius 1 is 1.55 bits per heavy atom. The van der Waals surface area contributed by atoms with Crippen LogP contribution in [0.1, 0.15) is 29.0 Å². The number of nitrogens with one attached hydrogen (secondary N) is 1. The van der Waals surface area contributed by atoms with Gasteiger partial charge < -0.3 is 10.4 Å². The van der Waals surface area contributed by atoms with Gasteiger partial charge in [0.2, 0.25) is 5.91 Å². The van der Waals surface area contributed by atoms with Crippen molar-refractivity contribution in [1.29, 1.82) is 0 Å². The van der Waals surface area contributed by atoms with E-state index in [4.69, 9.17) is 5.11 Å². The first-order valence-corrected chi connectivity index (χ1v) is 7.65. The summed E-state index contributed by atoms with van der Waals surface area (Å²) in [5, 5.41) is 11.7. The van der Waals surface area contributed by atoms with Gasteiger partial charge >= 0.3 is 0 Å². The van der Waals surface area contributed by atoms with Gasteiger partial charge in [-0.15, -0.1) is 11.3 Å². The summed E-state index contributed by atoms with van der Waals surface area (Å²) >= 11 is 1.64. The first kappa shape index (κ1) is 15.0. The predicted octanol–water partition coefficient (Wildman–Crippen LogP) is 1.19. The zero-order chi connectivity index (χ0) is 14.4. The first-order valence-electron chi connectivity index (χ1n) is 6.83. The van der Waals surface area contributed by atoms with Crippen LogP contribution in [0, 0.1) is 11.8 Å². The van der Waals surface area contributed by atoms with E-state index in [1.54, 1.807) is 11.3 Å². The Bertz CT molecular complexity index is 511. The molecule has 0 aliphatic heterocycles. The third-order valence-electron chi connectivity index (χ3n) is 2.89. The summed E-state index contributed by atoms with van der Waals surface area (Å²) in [7, 11) is 1.95. The van der Waals surface area contributed by atoms with Crippen LogP contribution in [0.2, 0.25) is 0 Å². The van der Waals surface area contributed by atoms with E-state index in [-0.39, 0.29) is 12.5 Å². The average molecular weight is 292 g/mol. The minimum absolute atomic E-state index is 0.101. The molecule has 0 unspecified atom stereocenters. The fraction of sp³-hybridized carbons (Fsp3) is 0.533. The van der Waals surface area contributed by atoms with Crippen molar-refractivity contribution in [2.24, 2.45) is 0 Å². The van der Waals surface area contributed by atoms with Gasteiger partial charge in [-0.25, -0.2) is 0 Å². The van der Waals surface area contributed by atoms with Gasteiger partial charge in [0.1, 0.15) is 0 Å². The van der Waals surface area contributed by atoms with Gasteiger partial charge in [0.25, 0.3) is 0 Å². The van der Waals surface area contributed by atoms with Gasteiger partial charge in [-0.2, -0.15) is 0 Å². The summed E-state index contributed by atoms with van der Waals surface area (Å²) in [6, 6.07) is 4.46. The van der Waals surface area contributed by atoms with Gasteiger partial charge in [0.05, 0.1) is 18.0 Å². The molecule has 1 amide bonds. The topological polar surface area (TPSA) is 52.6 Å². The molecule has 1 saturated carbocycles. The molecule has 2 rings (SSSR count). The molecule has 1 fully saturated rings. The Hall–Kier alpha value is -1.35. The normalized spacial score (nSPS) is 13.9. The highest BCUT2D eigenvalue weighted by Crippen LogP contribution is 2.19. The second-order valence-electron chi connectivity index (χ2n) is 5.06. The number of carbonyl (C=O) groups is 1. The molecular formula is C15H20N2O2S. The van der Waals surface area contributed by atoms with Crippen LogP contribution in [-0.4, -0.2) is 42.2 Å². The quantitative estimate of drug-likeness (QED) is 0.775. The van der Waals surface area contributed by atoms with Crippen LogP contribution < -0.4 is 5.32 Å². The third-order valence-corrected chi connectivity index (χ3v) is 3.88. The molecule has 0 atom stereocenters. The minimum Gasteiger partial charge on any atom is -0.395 e. The van der Waals surface area contributed by atoms with E-state index in [2.05, 4.69) is 17.2 Å². The molecule has 20 heavy (non-hydrogen) atoms. The highest BCUT2D eigenvalue weighted by atomic mass is 32.1. The van der Waals surface area contributed by atoms with Gasteiger partial charge in [-0.3, -0.25) is 9.69 Å². The largest absolute Gasteiger partial charge is 0.395 e. The number of amides is 1. The molecule has 0 spiro atoms. The van der Waals surface area contributed by atoms with Crippen LogP contribution in [0.4, 0.5) is 0 Å². The number of likely N-dealkylation sites (N-methyl/N-ethyl adjacent to an activating group) is 1. The van der Waals surface area contributed by atoms with Crippen molar-refractivity contribution in [3.8, 4) is 11.8 Å². The number of thiophene rings is 1. The fourth-order valence-corrected chi connectivity index (χ4v) is 2.77. The van der Waals surface area contributed by atoms with Gasteiger partial charge in [-0.05, 0) is 32.0 Å². The van der Waals surface area contributed by atoms with Crippen molar-refractivity contribution in [3.05, 3.63) is 21.9 Å². The Morgan fingerprint density at radius 2 is 2.35 bits per heavy atom. The lowest BCUT2D eigenvalue weighted by atomic mass is 10.3. The molecule has 0 aromatic carbocycles. The van der Waals surface area contributed by atoms with Gasteiger partial charge in [0, 0.05) is 23.9 Å². The van der Waals surface area contributed by atoms with Crippen LogP contribution in [0.15, 0.2) is 12.1 Å². The lowest BCUT2D eigenvalue weighted by Gasteiger charge is -2.14. The van der Waals surface area contributed by atoms with Crippen LogP contribution in [-0.2, 0) is 11.3 Å². The average Bonchev–Trinajstić information content (AvgIpc) is 3.08. The number of aliphatic hydroxyl groups excluding tert-OH is 1. The Morgan fingerprint density at radius 3 is 3.05 bits per heavy atom. The highest BCUT2D eigenvalue weighted by Gasteiger charge is 2.23. The number of hydrogen-bond acceptors (Lipinski definition) is 4. The molecule has 4 nitrogen and oxygen atoms in total. The molecule has 1 heterocycles. The standard InChI is InChI=1S/C15H20N2O2S/c1-17(11-15(19)16-12-5-6-12)10-14-8-7-13(20-14)4-2-3-9-18/h7-8,12,18H,3,5-6,9-11H2,1H3,(H,16,19). The van der Waals surface area contributed by atoms with Crippen LogP contribution >= 0.6 is 11.3 Å². The summed E-state index contributed by atoms with van der Waals surface area (Å²) in [6.45, 7) is 1.29. The van der Waals surface area contributed by atoms with Crippen molar-refractivity contribution in [3.63, 3.8) is 0 Å². The van der Waals surface area contributed by atoms with E-state index < -0.39 is 0 Å². The highest BCUT2D eigenvalue weighted by molar-refractivity contribution is 7.12. The summed E-state index contributed by atoms with van der Waals surface area (Å²) in [5.41, 5.74) is 0. The number of rotatable bonds is 6. The van der Waals surface area contributed by atoms with Crippen molar-refractivity contribution < 1.29 is 9.90 Å². The SMILES string of the molecule is CN(CC(=O)NC1CC1)Cc1ccc(C#CCCO)s1. The molecule has 0 saturated heterocycles. The molecule has 1 aromatic rings. The van der Waals surface area contributed by atoms with E-state index in [1.165, 1.54) is 4.88 Å². The summed E-state index contributed by atoms with van der Waals surface area (Å²) in [6.07, 6.45) is 2.75. The molecule has 5 heteroatoms. The summed E-state index contributed by atoms with van der Waals surface area (Å²) < 4.78 is 0. The Kier molecular flexibility index (Phi) is 5.60. The maximum atomic E-state index is 11.7. The molecule has 2 N–H and O–H groups in total. The van der Waals surface area contributed by atoms with Gasteiger partial charge in [-0.1, -0.05) is 11.8 Å². The zero-order valence-electron chi connectivity index (χ0n) is 11.7. The maximum Gasteiger partial charge on any atom is 0.234 e. The minimum atomic E-state index is 0.101. The monoisotopic (exact) mass is 292 g/mol. The van der Waals surface area contributed by atoms with Crippen LogP contribution in [0.3, 0.4) is 0 Å². The van der Waals surface area contributed by atoms with Crippen molar-refractivity contribution in [2.45, 2.75) is 31.8 Å². The smallest absolute Gasteiger partial charge is 0.234 e. The lowest BCUT2D eigenvalue weighted by Crippen LogP contribution is -2.35. The molecule has 1 aliphatic rings. The number of hydrogen-bond donors (Lipinski definition) is 2. The lowest BCUT2D eigenvalue weighted by molar-refractivity contribution is -0.122. The second kappa shape index (κ2) is 7.44. The third kappa shape index (κ3) is 5.33. The van der Waals surface area contributed by atoms with Crippen LogP contribution in [0.5, 0.6) is 0 Å². The Balaban J connectivity index is 1.77. The summed E-state index contributed by atoms with van der Waals surface area (Å²) in [4.78, 5) is 15.9. The Labute approximate surface area is 123 Å². The van der Waals surface area contributed by atoms with Crippen molar-refractivity contribution in [2.75, 3.05) is 20.2 Å². The van der Waals surface area contributed by atoms with E-state index >= 15 is 0 Å².